The topological polar surface area (TPSA) is 91.2 Å². The first-order valence-electron chi connectivity index (χ1n) is 9.32. The van der Waals surface area contributed by atoms with Crippen LogP contribution < -0.4 is 5.73 Å². The Morgan fingerprint density at radius 1 is 1.27 bits per heavy atom. The average molecular weight is 358 g/mol. The molecule has 26 heavy (non-hydrogen) atoms. The SMILES string of the molecule is CO[C@H]1C[C@@H](Cn2ccc(N)n2)N(C(=O)c2ccn(C3CCCC3)n2)C1. The third kappa shape index (κ3) is 3.33. The molecule has 140 valence electrons. The molecule has 2 fully saturated rings. The molecule has 0 spiro atoms. The molecule has 4 rings (SSSR count). The Bertz CT molecular complexity index is 763. The van der Waals surface area contributed by atoms with Crippen LogP contribution in [-0.2, 0) is 11.3 Å². The highest BCUT2D eigenvalue weighted by molar-refractivity contribution is 5.92. The molecule has 8 nitrogen and oxygen atoms in total. The quantitative estimate of drug-likeness (QED) is 0.878. The van der Waals surface area contributed by atoms with Gasteiger partial charge in [-0.05, 0) is 31.4 Å². The molecule has 0 aromatic carbocycles. The summed E-state index contributed by atoms with van der Waals surface area (Å²) in [7, 11) is 1.69. The predicted molar refractivity (Wildman–Crippen MR) is 96.6 cm³/mol. The van der Waals surface area contributed by atoms with Crippen molar-refractivity contribution in [3.63, 3.8) is 0 Å². The summed E-state index contributed by atoms with van der Waals surface area (Å²) in [5, 5.41) is 8.82. The lowest BCUT2D eigenvalue weighted by molar-refractivity contribution is 0.0672. The number of amides is 1. The highest BCUT2D eigenvalue weighted by Gasteiger charge is 2.37. The van der Waals surface area contributed by atoms with Gasteiger partial charge in [0.1, 0.15) is 11.5 Å². The average Bonchev–Trinajstić information content (AvgIpc) is 3.41. The van der Waals surface area contributed by atoms with Crippen LogP contribution in [-0.4, -0.2) is 56.2 Å². The van der Waals surface area contributed by atoms with E-state index in [9.17, 15) is 4.79 Å². The van der Waals surface area contributed by atoms with Crippen molar-refractivity contribution in [1.29, 1.82) is 0 Å². The van der Waals surface area contributed by atoms with Crippen LogP contribution in [0.15, 0.2) is 24.5 Å². The van der Waals surface area contributed by atoms with Crippen LogP contribution >= 0.6 is 0 Å². The maximum atomic E-state index is 13.1. The van der Waals surface area contributed by atoms with Crippen LogP contribution in [0.1, 0.15) is 48.6 Å². The van der Waals surface area contributed by atoms with Gasteiger partial charge in [-0.25, -0.2) is 0 Å². The van der Waals surface area contributed by atoms with Crippen LogP contribution in [0.25, 0.3) is 0 Å². The van der Waals surface area contributed by atoms with Crippen molar-refractivity contribution in [2.45, 2.75) is 56.8 Å². The molecule has 0 unspecified atom stereocenters. The smallest absolute Gasteiger partial charge is 0.274 e. The second-order valence-electron chi connectivity index (χ2n) is 7.29. The number of nitrogen functional groups attached to an aromatic ring is 1. The largest absolute Gasteiger partial charge is 0.382 e. The number of hydrogen-bond acceptors (Lipinski definition) is 5. The highest BCUT2D eigenvalue weighted by atomic mass is 16.5. The number of nitrogens with zero attached hydrogens (tertiary/aromatic N) is 5. The van der Waals surface area contributed by atoms with Gasteiger partial charge in [0.15, 0.2) is 0 Å². The predicted octanol–water partition coefficient (Wildman–Crippen LogP) is 1.71. The second-order valence-corrected chi connectivity index (χ2v) is 7.29. The summed E-state index contributed by atoms with van der Waals surface area (Å²) in [5.74, 6) is 0.450. The van der Waals surface area contributed by atoms with E-state index in [1.54, 1.807) is 17.9 Å². The first kappa shape index (κ1) is 17.1. The van der Waals surface area contributed by atoms with Gasteiger partial charge in [0.2, 0.25) is 0 Å². The van der Waals surface area contributed by atoms with Crippen molar-refractivity contribution in [2.24, 2.45) is 0 Å². The normalized spacial score (nSPS) is 23.8. The second kappa shape index (κ2) is 7.11. The number of aromatic nitrogens is 4. The molecule has 1 saturated heterocycles. The third-order valence-corrected chi connectivity index (χ3v) is 5.56. The first-order valence-corrected chi connectivity index (χ1v) is 9.32. The summed E-state index contributed by atoms with van der Waals surface area (Å²) in [5.41, 5.74) is 6.22. The Hall–Kier alpha value is -2.35. The minimum atomic E-state index is -0.0357. The van der Waals surface area contributed by atoms with E-state index in [1.807, 2.05) is 28.0 Å². The Morgan fingerprint density at radius 3 is 2.77 bits per heavy atom. The van der Waals surface area contributed by atoms with E-state index in [0.717, 1.165) is 19.3 Å². The number of hydrogen-bond donors (Lipinski definition) is 1. The Morgan fingerprint density at radius 2 is 2.08 bits per heavy atom. The van der Waals surface area contributed by atoms with Crippen LogP contribution in [0.5, 0.6) is 0 Å². The van der Waals surface area contributed by atoms with E-state index in [1.165, 1.54) is 12.8 Å². The Balaban J connectivity index is 1.50. The number of ether oxygens (including phenoxy) is 1. The minimum Gasteiger partial charge on any atom is -0.382 e. The zero-order chi connectivity index (χ0) is 18.1. The lowest BCUT2D eigenvalue weighted by Gasteiger charge is -2.23. The molecule has 2 atom stereocenters. The van der Waals surface area contributed by atoms with E-state index >= 15 is 0 Å². The molecule has 1 amide bonds. The molecule has 3 heterocycles. The molecule has 0 bridgehead atoms. The van der Waals surface area contributed by atoms with Crippen molar-refractivity contribution in [2.75, 3.05) is 19.4 Å². The maximum Gasteiger partial charge on any atom is 0.274 e. The van der Waals surface area contributed by atoms with E-state index in [0.29, 0.717) is 30.6 Å². The Kier molecular flexibility index (Phi) is 4.67. The summed E-state index contributed by atoms with van der Waals surface area (Å²) >= 11 is 0. The molecule has 2 aromatic rings. The van der Waals surface area contributed by atoms with Crippen LogP contribution in [0, 0.1) is 0 Å². The van der Waals surface area contributed by atoms with Gasteiger partial charge in [-0.15, -0.1) is 0 Å². The fraction of sp³-hybridized carbons (Fsp3) is 0.611. The number of methoxy groups -OCH3 is 1. The highest BCUT2D eigenvalue weighted by Crippen LogP contribution is 2.29. The number of carbonyl (C=O) groups is 1. The molecule has 2 aromatic heterocycles. The number of nitrogens with two attached hydrogens (primary N) is 1. The zero-order valence-corrected chi connectivity index (χ0v) is 15.1. The van der Waals surface area contributed by atoms with Crippen molar-refractivity contribution in [3.8, 4) is 0 Å². The van der Waals surface area contributed by atoms with Gasteiger partial charge in [0, 0.05) is 26.0 Å². The fourth-order valence-electron chi connectivity index (χ4n) is 4.13. The van der Waals surface area contributed by atoms with Gasteiger partial charge in [0.05, 0.1) is 24.7 Å². The fourth-order valence-corrected chi connectivity index (χ4v) is 4.13. The molecule has 2 aliphatic rings. The molecule has 0 radical (unpaired) electrons. The molecular formula is C18H26N6O2. The third-order valence-electron chi connectivity index (χ3n) is 5.56. The first-order chi connectivity index (χ1) is 12.6. The van der Waals surface area contributed by atoms with E-state index in [4.69, 9.17) is 10.5 Å². The minimum absolute atomic E-state index is 0.0170. The van der Waals surface area contributed by atoms with Gasteiger partial charge >= 0.3 is 0 Å². The summed E-state index contributed by atoms with van der Waals surface area (Å²) in [6.07, 6.45) is 9.38. The molecule has 2 N–H and O–H groups in total. The van der Waals surface area contributed by atoms with E-state index in [2.05, 4.69) is 10.2 Å². The van der Waals surface area contributed by atoms with Gasteiger partial charge in [-0.1, -0.05) is 12.8 Å². The number of likely N-dealkylation sites (tertiary alicyclic amines) is 1. The van der Waals surface area contributed by atoms with Gasteiger partial charge in [-0.2, -0.15) is 10.2 Å². The van der Waals surface area contributed by atoms with Crippen LogP contribution in [0.2, 0.25) is 0 Å². The summed E-state index contributed by atoms with van der Waals surface area (Å²) in [6.45, 7) is 1.18. The van der Waals surface area contributed by atoms with E-state index < -0.39 is 0 Å². The van der Waals surface area contributed by atoms with Crippen molar-refractivity contribution in [3.05, 3.63) is 30.2 Å². The van der Waals surface area contributed by atoms with E-state index in [-0.39, 0.29) is 18.1 Å². The van der Waals surface area contributed by atoms with Crippen LogP contribution in [0.4, 0.5) is 5.82 Å². The molecule has 1 aliphatic carbocycles. The summed E-state index contributed by atoms with van der Waals surface area (Å²) in [6, 6.07) is 4.05. The lowest BCUT2D eigenvalue weighted by Crippen LogP contribution is -2.38. The summed E-state index contributed by atoms with van der Waals surface area (Å²) < 4.78 is 9.27. The zero-order valence-electron chi connectivity index (χ0n) is 15.1. The molecule has 1 saturated carbocycles. The van der Waals surface area contributed by atoms with Gasteiger partial charge < -0.3 is 15.4 Å². The number of anilines is 1. The lowest BCUT2D eigenvalue weighted by atomic mass is 10.2. The monoisotopic (exact) mass is 358 g/mol. The van der Waals surface area contributed by atoms with Gasteiger partial charge in [-0.3, -0.25) is 14.2 Å². The van der Waals surface area contributed by atoms with Crippen molar-refractivity contribution < 1.29 is 9.53 Å². The van der Waals surface area contributed by atoms with Gasteiger partial charge in [0.25, 0.3) is 5.91 Å². The molecular weight excluding hydrogens is 332 g/mol. The van der Waals surface area contributed by atoms with Crippen molar-refractivity contribution in [1.82, 2.24) is 24.5 Å². The Labute approximate surface area is 152 Å². The maximum absolute atomic E-state index is 13.1. The molecule has 8 heteroatoms. The summed E-state index contributed by atoms with van der Waals surface area (Å²) in [4.78, 5) is 15.0. The number of carbonyl (C=O) groups excluding carboxylic acids is 1. The van der Waals surface area contributed by atoms with Crippen LogP contribution in [0.3, 0.4) is 0 Å². The standard InChI is InChI=1S/C18H26N6O2/c1-26-15-10-14(11-22-8-7-17(19)21-22)23(12-15)18(25)16-6-9-24(20-16)13-4-2-3-5-13/h6-9,13-15H,2-5,10-12H2,1H3,(H2,19,21)/t14-,15-/m0/s1. The number of rotatable bonds is 5. The molecule has 1 aliphatic heterocycles. The van der Waals surface area contributed by atoms with Crippen molar-refractivity contribution >= 4 is 11.7 Å².